The number of fused-ring (bicyclic) bond motifs is 1. The number of ether oxygens (including phenoxy) is 3. The van der Waals surface area contributed by atoms with Crippen molar-refractivity contribution in [1.82, 2.24) is 0 Å². The molecule has 0 spiro atoms. The van der Waals surface area contributed by atoms with Gasteiger partial charge in [-0.1, -0.05) is 24.3 Å². The Morgan fingerprint density at radius 1 is 0.815 bits per heavy atom. The number of anilines is 1. The normalized spacial score (nSPS) is 11.7. The first-order valence-electron chi connectivity index (χ1n) is 8.66. The van der Waals surface area contributed by atoms with Crippen LogP contribution in [-0.4, -0.2) is 27.2 Å². The standard InChI is InChI=1S/C22H23NO4/c1-14(15-5-6-17-12-18(25-2)8-7-16(17)11-15)22(24)23-20-13-19(26-3)9-10-21(20)27-4/h5-14H,1-4H3,(H,23,24)/t14-/m0/s1. The van der Waals surface area contributed by atoms with Gasteiger partial charge in [0.25, 0.3) is 0 Å². The highest BCUT2D eigenvalue weighted by Crippen LogP contribution is 2.31. The van der Waals surface area contributed by atoms with Crippen molar-refractivity contribution in [2.75, 3.05) is 26.6 Å². The van der Waals surface area contributed by atoms with Gasteiger partial charge < -0.3 is 19.5 Å². The van der Waals surface area contributed by atoms with E-state index in [1.165, 1.54) is 0 Å². The van der Waals surface area contributed by atoms with Crippen LogP contribution in [0.15, 0.2) is 54.6 Å². The second-order valence-electron chi connectivity index (χ2n) is 6.25. The highest BCUT2D eigenvalue weighted by atomic mass is 16.5. The van der Waals surface area contributed by atoms with Gasteiger partial charge in [-0.2, -0.15) is 0 Å². The van der Waals surface area contributed by atoms with Crippen LogP contribution in [0, 0.1) is 0 Å². The van der Waals surface area contributed by atoms with Gasteiger partial charge in [-0.05, 0) is 47.5 Å². The molecule has 1 N–H and O–H groups in total. The molecule has 5 nitrogen and oxygen atoms in total. The molecule has 3 aromatic rings. The van der Waals surface area contributed by atoms with E-state index >= 15 is 0 Å². The molecule has 5 heteroatoms. The molecule has 0 aliphatic heterocycles. The maximum absolute atomic E-state index is 12.8. The molecule has 0 saturated carbocycles. The van der Waals surface area contributed by atoms with Gasteiger partial charge in [-0.15, -0.1) is 0 Å². The minimum absolute atomic E-state index is 0.116. The third-order valence-electron chi connectivity index (χ3n) is 4.63. The van der Waals surface area contributed by atoms with E-state index in [4.69, 9.17) is 14.2 Å². The first-order valence-corrected chi connectivity index (χ1v) is 8.66. The fraction of sp³-hybridized carbons (Fsp3) is 0.227. The summed E-state index contributed by atoms with van der Waals surface area (Å²) in [6.45, 7) is 1.88. The second-order valence-corrected chi connectivity index (χ2v) is 6.25. The van der Waals surface area contributed by atoms with Gasteiger partial charge >= 0.3 is 0 Å². The number of rotatable bonds is 6. The summed E-state index contributed by atoms with van der Waals surface area (Å²) in [5.41, 5.74) is 1.52. The lowest BCUT2D eigenvalue weighted by Gasteiger charge is -2.16. The SMILES string of the molecule is COc1ccc(OC)c(NC(=O)[C@@H](C)c2ccc3cc(OC)ccc3c2)c1. The molecule has 27 heavy (non-hydrogen) atoms. The van der Waals surface area contributed by atoms with Crippen molar-refractivity contribution >= 4 is 22.4 Å². The van der Waals surface area contributed by atoms with Crippen molar-refractivity contribution in [1.29, 1.82) is 0 Å². The van der Waals surface area contributed by atoms with E-state index in [0.717, 1.165) is 22.1 Å². The van der Waals surface area contributed by atoms with E-state index in [1.807, 2.05) is 43.3 Å². The molecule has 0 heterocycles. The fourth-order valence-corrected chi connectivity index (χ4v) is 2.94. The molecule has 0 bridgehead atoms. The molecule has 0 aromatic heterocycles. The monoisotopic (exact) mass is 365 g/mol. The molecule has 0 fully saturated rings. The summed E-state index contributed by atoms with van der Waals surface area (Å²) < 4.78 is 15.8. The molecule has 140 valence electrons. The zero-order valence-electron chi connectivity index (χ0n) is 15.9. The van der Waals surface area contributed by atoms with Crippen molar-refractivity contribution in [3.63, 3.8) is 0 Å². The minimum atomic E-state index is -0.326. The number of nitrogens with one attached hydrogen (secondary N) is 1. The first-order chi connectivity index (χ1) is 13.0. The number of hydrogen-bond acceptors (Lipinski definition) is 4. The lowest BCUT2D eigenvalue weighted by atomic mass is 9.97. The highest BCUT2D eigenvalue weighted by molar-refractivity contribution is 5.97. The van der Waals surface area contributed by atoms with Crippen LogP contribution >= 0.6 is 0 Å². The lowest BCUT2D eigenvalue weighted by molar-refractivity contribution is -0.117. The topological polar surface area (TPSA) is 56.8 Å². The van der Waals surface area contributed by atoms with Gasteiger partial charge in [0.05, 0.1) is 32.9 Å². The van der Waals surface area contributed by atoms with Gasteiger partial charge in [0, 0.05) is 6.07 Å². The molecule has 1 amide bonds. The number of methoxy groups -OCH3 is 3. The van der Waals surface area contributed by atoms with E-state index in [9.17, 15) is 4.79 Å². The maximum Gasteiger partial charge on any atom is 0.231 e. The first kappa shape index (κ1) is 18.6. The minimum Gasteiger partial charge on any atom is -0.497 e. The quantitative estimate of drug-likeness (QED) is 0.693. The molecule has 1 atom stereocenters. The van der Waals surface area contributed by atoms with Gasteiger partial charge in [-0.25, -0.2) is 0 Å². The van der Waals surface area contributed by atoms with E-state index in [-0.39, 0.29) is 11.8 Å². The second kappa shape index (κ2) is 7.99. The van der Waals surface area contributed by atoms with Crippen molar-refractivity contribution in [3.05, 3.63) is 60.2 Å². The van der Waals surface area contributed by atoms with Crippen LogP contribution in [0.4, 0.5) is 5.69 Å². The highest BCUT2D eigenvalue weighted by Gasteiger charge is 2.18. The summed E-state index contributed by atoms with van der Waals surface area (Å²) in [5, 5.41) is 5.07. The smallest absolute Gasteiger partial charge is 0.231 e. The Morgan fingerprint density at radius 3 is 2.15 bits per heavy atom. The fourth-order valence-electron chi connectivity index (χ4n) is 2.94. The summed E-state index contributed by atoms with van der Waals surface area (Å²) in [7, 11) is 4.80. The molecule has 0 unspecified atom stereocenters. The third kappa shape index (κ3) is 3.97. The predicted molar refractivity (Wildman–Crippen MR) is 107 cm³/mol. The van der Waals surface area contributed by atoms with Crippen molar-refractivity contribution in [3.8, 4) is 17.2 Å². The average molecular weight is 365 g/mol. The molecule has 3 rings (SSSR count). The van der Waals surface area contributed by atoms with Gasteiger partial charge in [0.2, 0.25) is 5.91 Å². The molecular weight excluding hydrogens is 342 g/mol. The number of carbonyl (C=O) groups is 1. The van der Waals surface area contributed by atoms with Crippen LogP contribution in [0.2, 0.25) is 0 Å². The summed E-state index contributed by atoms with van der Waals surface area (Å²) >= 11 is 0. The van der Waals surface area contributed by atoms with Crippen LogP contribution in [-0.2, 0) is 4.79 Å². The predicted octanol–water partition coefficient (Wildman–Crippen LogP) is 4.61. The van der Waals surface area contributed by atoms with Gasteiger partial charge in [-0.3, -0.25) is 4.79 Å². The Balaban J connectivity index is 1.84. The van der Waals surface area contributed by atoms with E-state index in [1.54, 1.807) is 39.5 Å². The molecule has 0 radical (unpaired) electrons. The van der Waals surface area contributed by atoms with E-state index in [2.05, 4.69) is 5.32 Å². The third-order valence-corrected chi connectivity index (χ3v) is 4.63. The maximum atomic E-state index is 12.8. The zero-order valence-corrected chi connectivity index (χ0v) is 15.9. The van der Waals surface area contributed by atoms with Crippen LogP contribution < -0.4 is 19.5 Å². The molecule has 0 aliphatic rings. The Morgan fingerprint density at radius 2 is 1.44 bits per heavy atom. The average Bonchev–Trinajstić information content (AvgIpc) is 2.72. The Labute approximate surface area is 158 Å². The molecule has 0 saturated heterocycles. The Kier molecular flexibility index (Phi) is 5.50. The van der Waals surface area contributed by atoms with Crippen LogP contribution in [0.5, 0.6) is 17.2 Å². The van der Waals surface area contributed by atoms with Gasteiger partial charge in [0.15, 0.2) is 0 Å². The Hall–Kier alpha value is -3.21. The van der Waals surface area contributed by atoms with Crippen molar-refractivity contribution in [2.24, 2.45) is 0 Å². The summed E-state index contributed by atoms with van der Waals surface area (Å²) in [5.74, 6) is 1.60. The number of amides is 1. The summed E-state index contributed by atoms with van der Waals surface area (Å²) in [4.78, 5) is 12.8. The van der Waals surface area contributed by atoms with E-state index in [0.29, 0.717) is 17.2 Å². The molecule has 0 aliphatic carbocycles. The van der Waals surface area contributed by atoms with E-state index < -0.39 is 0 Å². The zero-order chi connectivity index (χ0) is 19.4. The number of benzene rings is 3. The van der Waals surface area contributed by atoms with Crippen LogP contribution in [0.1, 0.15) is 18.4 Å². The number of carbonyl (C=O) groups excluding carboxylic acids is 1. The largest absolute Gasteiger partial charge is 0.497 e. The van der Waals surface area contributed by atoms with Crippen LogP contribution in [0.25, 0.3) is 10.8 Å². The molecule has 3 aromatic carbocycles. The molecular formula is C22H23NO4. The number of hydrogen-bond donors (Lipinski definition) is 1. The van der Waals surface area contributed by atoms with Gasteiger partial charge in [0.1, 0.15) is 17.2 Å². The summed E-state index contributed by atoms with van der Waals surface area (Å²) in [6.07, 6.45) is 0. The summed E-state index contributed by atoms with van der Waals surface area (Å²) in [6, 6.07) is 17.2. The van der Waals surface area contributed by atoms with Crippen molar-refractivity contribution in [2.45, 2.75) is 12.8 Å². The van der Waals surface area contributed by atoms with Crippen molar-refractivity contribution < 1.29 is 19.0 Å². The Bertz CT molecular complexity index is 968. The lowest BCUT2D eigenvalue weighted by Crippen LogP contribution is -2.19. The van der Waals surface area contributed by atoms with Crippen LogP contribution in [0.3, 0.4) is 0 Å².